The fourth-order valence-corrected chi connectivity index (χ4v) is 2.41. The molecule has 0 aliphatic carbocycles. The third-order valence-corrected chi connectivity index (χ3v) is 3.80. The van der Waals surface area contributed by atoms with Gasteiger partial charge in [0.25, 0.3) is 5.91 Å². The molecule has 0 saturated heterocycles. The number of ether oxygens (including phenoxy) is 1. The summed E-state index contributed by atoms with van der Waals surface area (Å²) in [7, 11) is 0. The molecule has 0 bridgehead atoms. The molecule has 1 aromatic carbocycles. The summed E-state index contributed by atoms with van der Waals surface area (Å²) in [5.41, 5.74) is 0.503. The van der Waals surface area contributed by atoms with Crippen LogP contribution in [-0.4, -0.2) is 43.6 Å². The Kier molecular flexibility index (Phi) is 11.7. The minimum atomic E-state index is -0.576. The van der Waals surface area contributed by atoms with Crippen molar-refractivity contribution >= 4 is 24.2 Å². The van der Waals surface area contributed by atoms with Gasteiger partial charge in [-0.1, -0.05) is 20.8 Å². The smallest absolute Gasteiger partial charge is 0.251 e. The van der Waals surface area contributed by atoms with E-state index in [1.165, 1.54) is 0 Å². The standard InChI is InChI=1S/C19H31N3O3.ClH/c1-6-20-14(5)12-21-19(24)17(13(3)4)22-18(23)15-8-10-16(11-9-15)25-7-2;/h8-11,13-14,17,20H,6-7,12H2,1-5H3,(H,21,24)(H,22,23);1H/t14-,17?;/m1./s1. The summed E-state index contributed by atoms with van der Waals surface area (Å²) >= 11 is 0. The van der Waals surface area contributed by atoms with Crippen LogP contribution >= 0.6 is 12.4 Å². The van der Waals surface area contributed by atoms with Crippen LogP contribution in [0.3, 0.4) is 0 Å². The number of likely N-dealkylation sites (N-methyl/N-ethyl adjacent to an activating group) is 1. The summed E-state index contributed by atoms with van der Waals surface area (Å²) in [6.07, 6.45) is 0. The van der Waals surface area contributed by atoms with Gasteiger partial charge in [-0.25, -0.2) is 0 Å². The van der Waals surface area contributed by atoms with Gasteiger partial charge in [0, 0.05) is 18.2 Å². The third-order valence-electron chi connectivity index (χ3n) is 3.80. The van der Waals surface area contributed by atoms with Crippen LogP contribution in [-0.2, 0) is 4.79 Å². The molecule has 0 heterocycles. The average molecular weight is 386 g/mol. The lowest BCUT2D eigenvalue weighted by molar-refractivity contribution is -0.124. The Morgan fingerprint density at radius 2 is 1.69 bits per heavy atom. The van der Waals surface area contributed by atoms with E-state index in [9.17, 15) is 9.59 Å². The van der Waals surface area contributed by atoms with Crippen LogP contribution in [0.25, 0.3) is 0 Å². The minimum Gasteiger partial charge on any atom is -0.494 e. The van der Waals surface area contributed by atoms with Gasteiger partial charge in [-0.2, -0.15) is 0 Å². The van der Waals surface area contributed by atoms with Crippen LogP contribution in [0.15, 0.2) is 24.3 Å². The van der Waals surface area contributed by atoms with E-state index in [2.05, 4.69) is 16.0 Å². The molecule has 2 amide bonds. The molecule has 1 unspecified atom stereocenters. The van der Waals surface area contributed by atoms with Crippen LogP contribution in [0.2, 0.25) is 0 Å². The second-order valence-electron chi connectivity index (χ2n) is 6.36. The lowest BCUT2D eigenvalue weighted by atomic mass is 10.0. The maximum atomic E-state index is 12.4. The molecule has 0 saturated carbocycles. The second-order valence-corrected chi connectivity index (χ2v) is 6.36. The summed E-state index contributed by atoms with van der Waals surface area (Å²) < 4.78 is 5.37. The number of carbonyl (C=O) groups is 2. The van der Waals surface area contributed by atoms with E-state index in [4.69, 9.17) is 4.74 Å². The summed E-state index contributed by atoms with van der Waals surface area (Å²) in [5, 5.41) is 8.96. The van der Waals surface area contributed by atoms with Crippen molar-refractivity contribution in [2.75, 3.05) is 19.7 Å². The molecule has 1 aromatic rings. The number of hydrogen-bond acceptors (Lipinski definition) is 4. The highest BCUT2D eigenvalue weighted by Crippen LogP contribution is 2.13. The largest absolute Gasteiger partial charge is 0.494 e. The van der Waals surface area contributed by atoms with Crippen molar-refractivity contribution in [3.8, 4) is 5.75 Å². The Morgan fingerprint density at radius 3 is 2.19 bits per heavy atom. The van der Waals surface area contributed by atoms with Gasteiger partial charge in [0.1, 0.15) is 11.8 Å². The first-order chi connectivity index (χ1) is 11.9. The maximum absolute atomic E-state index is 12.4. The van der Waals surface area contributed by atoms with Gasteiger partial charge in [-0.15, -0.1) is 12.4 Å². The average Bonchev–Trinajstić information content (AvgIpc) is 2.58. The third kappa shape index (κ3) is 8.06. The first kappa shape index (κ1) is 24.2. The Balaban J connectivity index is 0.00000625. The van der Waals surface area contributed by atoms with Gasteiger partial charge in [0.15, 0.2) is 0 Å². The van der Waals surface area contributed by atoms with Crippen molar-refractivity contribution in [3.63, 3.8) is 0 Å². The van der Waals surface area contributed by atoms with Gasteiger partial charge in [-0.3, -0.25) is 9.59 Å². The van der Waals surface area contributed by atoms with Crippen molar-refractivity contribution < 1.29 is 14.3 Å². The summed E-state index contributed by atoms with van der Waals surface area (Å²) in [6, 6.07) is 6.50. The molecule has 6 nitrogen and oxygen atoms in total. The van der Waals surface area contributed by atoms with Gasteiger partial charge >= 0.3 is 0 Å². The Morgan fingerprint density at radius 1 is 1.08 bits per heavy atom. The number of nitrogens with one attached hydrogen (secondary N) is 3. The summed E-state index contributed by atoms with van der Waals surface area (Å²) in [4.78, 5) is 24.9. The fourth-order valence-electron chi connectivity index (χ4n) is 2.41. The molecule has 0 radical (unpaired) electrons. The molecule has 26 heavy (non-hydrogen) atoms. The number of amides is 2. The minimum absolute atomic E-state index is 0. The van der Waals surface area contributed by atoms with E-state index in [-0.39, 0.29) is 36.2 Å². The quantitative estimate of drug-likeness (QED) is 0.577. The van der Waals surface area contributed by atoms with E-state index >= 15 is 0 Å². The Hall–Kier alpha value is -1.79. The second kappa shape index (κ2) is 12.5. The molecule has 0 spiro atoms. The van der Waals surface area contributed by atoms with Crippen molar-refractivity contribution in [1.29, 1.82) is 0 Å². The zero-order valence-corrected chi connectivity index (χ0v) is 17.1. The van der Waals surface area contributed by atoms with Crippen molar-refractivity contribution in [2.45, 2.75) is 46.7 Å². The van der Waals surface area contributed by atoms with E-state index < -0.39 is 6.04 Å². The predicted molar refractivity (Wildman–Crippen MR) is 107 cm³/mol. The molecule has 0 aliphatic rings. The van der Waals surface area contributed by atoms with Crippen LogP contribution < -0.4 is 20.7 Å². The zero-order valence-electron chi connectivity index (χ0n) is 16.3. The topological polar surface area (TPSA) is 79.5 Å². The number of rotatable bonds is 10. The summed E-state index contributed by atoms with van der Waals surface area (Å²) in [6.45, 7) is 11.7. The molecule has 2 atom stereocenters. The number of carbonyl (C=O) groups excluding carboxylic acids is 2. The number of halogens is 1. The van der Waals surface area contributed by atoms with Crippen molar-refractivity contribution in [1.82, 2.24) is 16.0 Å². The van der Waals surface area contributed by atoms with Gasteiger partial charge < -0.3 is 20.7 Å². The highest BCUT2D eigenvalue weighted by molar-refractivity contribution is 5.97. The Labute approximate surface area is 162 Å². The van der Waals surface area contributed by atoms with E-state index in [1.54, 1.807) is 24.3 Å². The zero-order chi connectivity index (χ0) is 18.8. The first-order valence-electron chi connectivity index (χ1n) is 8.93. The van der Waals surface area contributed by atoms with E-state index in [0.717, 1.165) is 12.3 Å². The maximum Gasteiger partial charge on any atom is 0.251 e. The molecule has 0 aromatic heterocycles. The monoisotopic (exact) mass is 385 g/mol. The van der Waals surface area contributed by atoms with Crippen molar-refractivity contribution in [3.05, 3.63) is 29.8 Å². The summed E-state index contributed by atoms with van der Waals surface area (Å²) in [5.74, 6) is 0.270. The van der Waals surface area contributed by atoms with Crippen LogP contribution in [0.1, 0.15) is 45.0 Å². The predicted octanol–water partition coefficient (Wildman–Crippen LogP) is 2.38. The number of benzene rings is 1. The van der Waals surface area contributed by atoms with Gasteiger partial charge in [0.05, 0.1) is 6.61 Å². The molecular weight excluding hydrogens is 354 g/mol. The highest BCUT2D eigenvalue weighted by Gasteiger charge is 2.24. The first-order valence-corrected chi connectivity index (χ1v) is 8.93. The number of hydrogen-bond donors (Lipinski definition) is 3. The molecular formula is C19H32ClN3O3. The Bertz CT molecular complexity index is 549. The molecule has 7 heteroatoms. The lowest BCUT2D eigenvalue weighted by Crippen LogP contribution is -2.51. The van der Waals surface area contributed by atoms with E-state index in [0.29, 0.717) is 18.7 Å². The van der Waals surface area contributed by atoms with Crippen molar-refractivity contribution in [2.24, 2.45) is 5.92 Å². The van der Waals surface area contributed by atoms with Crippen LogP contribution in [0.4, 0.5) is 0 Å². The molecule has 1 rings (SSSR count). The fraction of sp³-hybridized carbons (Fsp3) is 0.579. The molecule has 3 N–H and O–H groups in total. The van der Waals surface area contributed by atoms with E-state index in [1.807, 2.05) is 34.6 Å². The lowest BCUT2D eigenvalue weighted by Gasteiger charge is -2.23. The van der Waals surface area contributed by atoms with Gasteiger partial charge in [-0.05, 0) is 50.6 Å². The normalized spacial score (nSPS) is 12.7. The molecule has 0 aliphatic heterocycles. The molecule has 148 valence electrons. The van der Waals surface area contributed by atoms with Crippen LogP contribution in [0, 0.1) is 5.92 Å². The molecule has 0 fully saturated rings. The highest BCUT2D eigenvalue weighted by atomic mass is 35.5. The SMILES string of the molecule is CCN[C@H](C)CNC(=O)C(NC(=O)c1ccc(OCC)cc1)C(C)C.Cl. The van der Waals surface area contributed by atoms with Crippen LogP contribution in [0.5, 0.6) is 5.75 Å². The van der Waals surface area contributed by atoms with Gasteiger partial charge in [0.2, 0.25) is 5.91 Å².